The zero-order valence-electron chi connectivity index (χ0n) is 13.5. The van der Waals surface area contributed by atoms with Crippen molar-refractivity contribution in [3.63, 3.8) is 0 Å². The van der Waals surface area contributed by atoms with E-state index in [9.17, 15) is 9.59 Å². The SMILES string of the molecule is O=C1CSc2ccc(C(=O)NCCCOCC3CCCO3)cc2N1. The van der Waals surface area contributed by atoms with Crippen molar-refractivity contribution in [2.45, 2.75) is 30.3 Å². The standard InChI is InChI=1S/C17H22N2O4S/c20-16-11-24-15-5-4-12(9-14(15)19-16)17(21)18-6-2-7-22-10-13-3-1-8-23-13/h4-5,9,13H,1-3,6-8,10-11H2,(H,18,21)(H,19,20). The highest BCUT2D eigenvalue weighted by Crippen LogP contribution is 2.31. The van der Waals surface area contributed by atoms with Crippen LogP contribution in [0.15, 0.2) is 23.1 Å². The van der Waals surface area contributed by atoms with Gasteiger partial charge in [-0.25, -0.2) is 0 Å². The fourth-order valence-electron chi connectivity index (χ4n) is 2.69. The van der Waals surface area contributed by atoms with Crippen LogP contribution < -0.4 is 10.6 Å². The molecule has 2 N–H and O–H groups in total. The summed E-state index contributed by atoms with van der Waals surface area (Å²) in [4.78, 5) is 24.6. The molecule has 2 heterocycles. The second-order valence-electron chi connectivity index (χ2n) is 5.87. The quantitative estimate of drug-likeness (QED) is 0.736. The van der Waals surface area contributed by atoms with Crippen LogP contribution in [-0.2, 0) is 14.3 Å². The lowest BCUT2D eigenvalue weighted by Crippen LogP contribution is -2.26. The summed E-state index contributed by atoms with van der Waals surface area (Å²) >= 11 is 1.48. The number of fused-ring (bicyclic) bond motifs is 1. The third kappa shape index (κ3) is 4.72. The van der Waals surface area contributed by atoms with Crippen LogP contribution in [0.5, 0.6) is 0 Å². The molecule has 1 saturated heterocycles. The van der Waals surface area contributed by atoms with E-state index in [0.717, 1.165) is 30.8 Å². The number of carbonyl (C=O) groups excluding carboxylic acids is 2. The molecule has 0 spiro atoms. The molecule has 130 valence electrons. The average Bonchev–Trinajstić information content (AvgIpc) is 3.10. The summed E-state index contributed by atoms with van der Waals surface area (Å²) in [6, 6.07) is 5.38. The molecule has 24 heavy (non-hydrogen) atoms. The number of nitrogens with one attached hydrogen (secondary N) is 2. The Balaban J connectivity index is 1.37. The maximum atomic E-state index is 12.2. The number of amides is 2. The van der Waals surface area contributed by atoms with E-state index < -0.39 is 0 Å². The highest BCUT2D eigenvalue weighted by Gasteiger charge is 2.17. The van der Waals surface area contributed by atoms with Crippen LogP contribution >= 0.6 is 11.8 Å². The van der Waals surface area contributed by atoms with Crippen LogP contribution in [0.25, 0.3) is 0 Å². The molecule has 1 fully saturated rings. The topological polar surface area (TPSA) is 76.7 Å². The number of anilines is 1. The van der Waals surface area contributed by atoms with Crippen LogP contribution in [0.4, 0.5) is 5.69 Å². The van der Waals surface area contributed by atoms with Gasteiger partial charge in [0.2, 0.25) is 5.91 Å². The lowest BCUT2D eigenvalue weighted by molar-refractivity contribution is -0.113. The summed E-state index contributed by atoms with van der Waals surface area (Å²) in [7, 11) is 0. The van der Waals surface area contributed by atoms with Crippen molar-refractivity contribution in [3.8, 4) is 0 Å². The van der Waals surface area contributed by atoms with Crippen LogP contribution in [0.3, 0.4) is 0 Å². The second-order valence-corrected chi connectivity index (χ2v) is 6.88. The Hall–Kier alpha value is -1.57. The zero-order chi connectivity index (χ0) is 16.8. The van der Waals surface area contributed by atoms with Gasteiger partial charge in [-0.2, -0.15) is 0 Å². The number of thioether (sulfide) groups is 1. The minimum atomic E-state index is -0.137. The first-order chi connectivity index (χ1) is 11.7. The maximum absolute atomic E-state index is 12.2. The van der Waals surface area contributed by atoms with E-state index in [4.69, 9.17) is 9.47 Å². The minimum Gasteiger partial charge on any atom is -0.379 e. The van der Waals surface area contributed by atoms with E-state index in [0.29, 0.717) is 36.8 Å². The van der Waals surface area contributed by atoms with Gasteiger partial charge >= 0.3 is 0 Å². The lowest BCUT2D eigenvalue weighted by Gasteiger charge is -2.17. The molecule has 2 amide bonds. The number of benzene rings is 1. The third-order valence-electron chi connectivity index (χ3n) is 3.95. The summed E-state index contributed by atoms with van der Waals surface area (Å²) in [6.07, 6.45) is 3.19. The lowest BCUT2D eigenvalue weighted by atomic mass is 10.2. The average molecular weight is 350 g/mol. The molecule has 0 radical (unpaired) electrons. The van der Waals surface area contributed by atoms with Crippen LogP contribution in [0.1, 0.15) is 29.6 Å². The van der Waals surface area contributed by atoms with Gasteiger partial charge in [0.15, 0.2) is 0 Å². The Labute approximate surface area is 145 Å². The molecule has 1 unspecified atom stereocenters. The summed E-state index contributed by atoms with van der Waals surface area (Å²) in [5.41, 5.74) is 1.26. The van der Waals surface area contributed by atoms with Crippen molar-refractivity contribution >= 4 is 29.3 Å². The molecule has 0 saturated carbocycles. The van der Waals surface area contributed by atoms with Gasteiger partial charge in [0.25, 0.3) is 5.91 Å². The molecule has 0 aromatic heterocycles. The van der Waals surface area contributed by atoms with Gasteiger partial charge in [-0.05, 0) is 37.5 Å². The largest absolute Gasteiger partial charge is 0.379 e. The Morgan fingerprint density at radius 1 is 1.46 bits per heavy atom. The van der Waals surface area contributed by atoms with E-state index in [1.165, 1.54) is 11.8 Å². The minimum absolute atomic E-state index is 0.0338. The third-order valence-corrected chi connectivity index (χ3v) is 5.03. The van der Waals surface area contributed by atoms with Crippen LogP contribution in [0.2, 0.25) is 0 Å². The van der Waals surface area contributed by atoms with Crippen molar-refractivity contribution < 1.29 is 19.1 Å². The van der Waals surface area contributed by atoms with Crippen LogP contribution in [0, 0.1) is 0 Å². The second kappa shape index (κ2) is 8.50. The number of hydrogen-bond acceptors (Lipinski definition) is 5. The fourth-order valence-corrected chi connectivity index (χ4v) is 3.48. The van der Waals surface area contributed by atoms with Gasteiger partial charge in [-0.15, -0.1) is 11.8 Å². The molecule has 6 nitrogen and oxygen atoms in total. The van der Waals surface area contributed by atoms with E-state index in [1.807, 2.05) is 6.07 Å². The Bertz CT molecular complexity index is 602. The molecule has 1 aromatic carbocycles. The number of rotatable bonds is 7. The highest BCUT2D eigenvalue weighted by atomic mass is 32.2. The normalized spacial score (nSPS) is 19.7. The Morgan fingerprint density at radius 2 is 2.38 bits per heavy atom. The van der Waals surface area contributed by atoms with Crippen molar-refractivity contribution in [2.75, 3.05) is 37.4 Å². The van der Waals surface area contributed by atoms with Gasteiger partial charge in [-0.3, -0.25) is 9.59 Å². The first kappa shape index (κ1) is 17.3. The molecule has 0 aliphatic carbocycles. The summed E-state index contributed by atoms with van der Waals surface area (Å²) in [5, 5.41) is 5.67. The van der Waals surface area contributed by atoms with E-state index in [2.05, 4.69) is 10.6 Å². The van der Waals surface area contributed by atoms with Gasteiger partial charge in [0.1, 0.15) is 0 Å². The molecular weight excluding hydrogens is 328 g/mol. The predicted octanol–water partition coefficient (Wildman–Crippen LogP) is 2.05. The van der Waals surface area contributed by atoms with Gasteiger partial charge in [0.05, 0.1) is 24.2 Å². The summed E-state index contributed by atoms with van der Waals surface area (Å²) in [6.45, 7) is 2.64. The smallest absolute Gasteiger partial charge is 0.251 e. The van der Waals surface area contributed by atoms with Crippen LogP contribution in [-0.4, -0.2) is 50.0 Å². The first-order valence-electron chi connectivity index (χ1n) is 8.26. The van der Waals surface area contributed by atoms with Crippen molar-refractivity contribution in [2.24, 2.45) is 0 Å². The van der Waals surface area contributed by atoms with E-state index in [1.54, 1.807) is 12.1 Å². The molecular formula is C17H22N2O4S. The molecule has 1 aromatic rings. The maximum Gasteiger partial charge on any atom is 0.251 e. The zero-order valence-corrected chi connectivity index (χ0v) is 14.3. The van der Waals surface area contributed by atoms with Gasteiger partial charge in [0, 0.05) is 30.2 Å². The molecule has 1 atom stereocenters. The number of carbonyl (C=O) groups is 2. The van der Waals surface area contributed by atoms with Crippen molar-refractivity contribution in [1.82, 2.24) is 5.32 Å². The molecule has 3 rings (SSSR count). The number of hydrogen-bond donors (Lipinski definition) is 2. The van der Waals surface area contributed by atoms with Gasteiger partial charge in [-0.1, -0.05) is 0 Å². The molecule has 7 heteroatoms. The predicted molar refractivity (Wildman–Crippen MR) is 92.5 cm³/mol. The fraction of sp³-hybridized carbons (Fsp3) is 0.529. The Kier molecular flexibility index (Phi) is 6.12. The monoisotopic (exact) mass is 350 g/mol. The van der Waals surface area contributed by atoms with Crippen molar-refractivity contribution in [3.05, 3.63) is 23.8 Å². The highest BCUT2D eigenvalue weighted by molar-refractivity contribution is 8.00. The number of ether oxygens (including phenoxy) is 2. The van der Waals surface area contributed by atoms with Crippen molar-refractivity contribution in [1.29, 1.82) is 0 Å². The van der Waals surface area contributed by atoms with E-state index >= 15 is 0 Å². The summed E-state index contributed by atoms with van der Waals surface area (Å²) < 4.78 is 11.0. The summed E-state index contributed by atoms with van der Waals surface area (Å²) in [5.74, 6) is 0.250. The molecule has 2 aliphatic rings. The molecule has 2 aliphatic heterocycles. The first-order valence-corrected chi connectivity index (χ1v) is 9.25. The van der Waals surface area contributed by atoms with E-state index in [-0.39, 0.29) is 17.9 Å². The molecule has 0 bridgehead atoms. The Morgan fingerprint density at radius 3 is 3.21 bits per heavy atom. The van der Waals surface area contributed by atoms with Gasteiger partial charge < -0.3 is 20.1 Å².